The molecule has 2 heteroatoms. The summed E-state index contributed by atoms with van der Waals surface area (Å²) in [5.41, 5.74) is 9.33. The third-order valence-electron chi connectivity index (χ3n) is 5.24. The maximum atomic E-state index is 2.48. The van der Waals surface area contributed by atoms with Crippen LogP contribution in [0.2, 0.25) is 0 Å². The molecule has 0 saturated heterocycles. The normalized spacial score (nSPS) is 11.6. The predicted octanol–water partition coefficient (Wildman–Crippen LogP) is 5.83. The zero-order chi connectivity index (χ0) is 19.0. The van der Waals surface area contributed by atoms with Crippen LogP contribution in [0.25, 0.3) is 17.1 Å². The molecule has 2 aromatic heterocycles. The van der Waals surface area contributed by atoms with Gasteiger partial charge in [-0.1, -0.05) is 45.9 Å². The molecule has 0 fully saturated rings. The van der Waals surface area contributed by atoms with E-state index in [-0.39, 0.29) is 0 Å². The quantitative estimate of drug-likeness (QED) is 0.525. The van der Waals surface area contributed by atoms with E-state index < -0.39 is 0 Å². The fraction of sp³-hybridized carbons (Fsp3) is 0.375. The second-order valence-electron chi connectivity index (χ2n) is 7.94. The topological polar surface area (TPSA) is 8.81 Å². The van der Waals surface area contributed by atoms with Gasteiger partial charge in [0.05, 0.1) is 5.69 Å². The largest absolute Gasteiger partial charge is 0.308 e. The van der Waals surface area contributed by atoms with Crippen molar-refractivity contribution in [2.45, 2.75) is 53.4 Å². The summed E-state index contributed by atoms with van der Waals surface area (Å²) in [6, 6.07) is 15.5. The van der Waals surface area contributed by atoms with Crippen molar-refractivity contribution in [2.75, 3.05) is 0 Å². The zero-order valence-electron chi connectivity index (χ0n) is 17.2. The summed E-state index contributed by atoms with van der Waals surface area (Å²) in [6.07, 6.45) is 2.12. The lowest BCUT2D eigenvalue weighted by Gasteiger charge is -2.23. The minimum Gasteiger partial charge on any atom is -0.308 e. The van der Waals surface area contributed by atoms with Crippen molar-refractivity contribution < 1.29 is 4.57 Å². The molecule has 0 N–H and O–H groups in total. The van der Waals surface area contributed by atoms with Gasteiger partial charge in [-0.2, -0.15) is 4.57 Å². The van der Waals surface area contributed by atoms with E-state index in [1.165, 1.54) is 39.5 Å². The highest BCUT2D eigenvalue weighted by Gasteiger charge is 2.24. The van der Waals surface area contributed by atoms with Crippen LogP contribution < -0.4 is 4.57 Å². The first-order valence-electron chi connectivity index (χ1n) is 9.60. The van der Waals surface area contributed by atoms with E-state index in [4.69, 9.17) is 0 Å². The van der Waals surface area contributed by atoms with Crippen LogP contribution in [-0.4, -0.2) is 4.57 Å². The van der Waals surface area contributed by atoms with Gasteiger partial charge in [0.2, 0.25) is 5.69 Å². The van der Waals surface area contributed by atoms with Crippen LogP contribution in [0, 0.1) is 13.8 Å². The highest BCUT2D eigenvalue weighted by molar-refractivity contribution is 5.66. The van der Waals surface area contributed by atoms with Gasteiger partial charge in [0, 0.05) is 17.8 Å². The molecule has 0 atom stereocenters. The van der Waals surface area contributed by atoms with Gasteiger partial charge in [-0.15, -0.1) is 0 Å². The summed E-state index contributed by atoms with van der Waals surface area (Å²) in [5.74, 6) is 0.950. The zero-order valence-corrected chi connectivity index (χ0v) is 17.2. The summed E-state index contributed by atoms with van der Waals surface area (Å²) < 4.78 is 4.70. The molecule has 1 aromatic carbocycles. The molecule has 2 nitrogen and oxygen atoms in total. The summed E-state index contributed by atoms with van der Waals surface area (Å²) in [5, 5.41) is 0. The van der Waals surface area contributed by atoms with Crippen molar-refractivity contribution in [3.63, 3.8) is 0 Å². The van der Waals surface area contributed by atoms with Gasteiger partial charge in [-0.05, 0) is 54.5 Å². The SMILES string of the molecule is Cc1cc(C)n(-c2c(C(C)C)cccc2C(C)C)c1-c1cccc[n+]1C. The second kappa shape index (κ2) is 7.11. The van der Waals surface area contributed by atoms with Crippen molar-refractivity contribution >= 4 is 0 Å². The van der Waals surface area contributed by atoms with Crippen LogP contribution in [0.4, 0.5) is 0 Å². The van der Waals surface area contributed by atoms with Crippen molar-refractivity contribution in [1.29, 1.82) is 0 Å². The van der Waals surface area contributed by atoms with Crippen molar-refractivity contribution in [3.8, 4) is 17.1 Å². The average Bonchev–Trinajstić information content (AvgIpc) is 2.88. The maximum Gasteiger partial charge on any atom is 0.229 e. The Hall–Kier alpha value is -2.35. The van der Waals surface area contributed by atoms with Gasteiger partial charge in [0.25, 0.3) is 0 Å². The van der Waals surface area contributed by atoms with Crippen molar-refractivity contribution in [1.82, 2.24) is 4.57 Å². The van der Waals surface area contributed by atoms with Gasteiger partial charge >= 0.3 is 0 Å². The first kappa shape index (κ1) is 18.4. The standard InChI is InChI=1S/C24H31N2/c1-16(2)20-11-10-12-21(17(3)4)24(20)26-19(6)15-18(5)23(26)22-13-8-9-14-25(22)7/h8-17H,1-7H3/q+1. The molecule has 136 valence electrons. The Balaban J connectivity index is 2.42. The molecule has 0 aliphatic rings. The van der Waals surface area contributed by atoms with Crippen LogP contribution in [0.5, 0.6) is 0 Å². The first-order chi connectivity index (χ1) is 12.3. The molecule has 0 spiro atoms. The molecule has 0 aliphatic carbocycles. The molecule has 3 rings (SSSR count). The molecule has 0 unspecified atom stereocenters. The number of pyridine rings is 1. The maximum absolute atomic E-state index is 2.48. The minimum atomic E-state index is 0.475. The Morgan fingerprint density at radius 1 is 0.846 bits per heavy atom. The van der Waals surface area contributed by atoms with Crippen molar-refractivity contribution in [3.05, 3.63) is 71.0 Å². The van der Waals surface area contributed by atoms with E-state index in [0.717, 1.165) is 0 Å². The van der Waals surface area contributed by atoms with Crippen LogP contribution in [0.15, 0.2) is 48.7 Å². The lowest BCUT2D eigenvalue weighted by atomic mass is 9.92. The molecule has 26 heavy (non-hydrogen) atoms. The summed E-state index contributed by atoms with van der Waals surface area (Å²) >= 11 is 0. The molecule has 0 aliphatic heterocycles. The predicted molar refractivity (Wildman–Crippen MR) is 110 cm³/mol. The Morgan fingerprint density at radius 2 is 1.46 bits per heavy atom. The number of aryl methyl sites for hydroxylation is 3. The summed E-state index contributed by atoms with van der Waals surface area (Å²) in [7, 11) is 2.12. The molecule has 0 bridgehead atoms. The smallest absolute Gasteiger partial charge is 0.229 e. The van der Waals surface area contributed by atoms with E-state index in [9.17, 15) is 0 Å². The molecule has 2 heterocycles. The van der Waals surface area contributed by atoms with E-state index in [0.29, 0.717) is 11.8 Å². The number of nitrogens with zero attached hydrogens (tertiary/aromatic N) is 2. The fourth-order valence-corrected chi connectivity index (χ4v) is 3.94. The number of benzene rings is 1. The highest BCUT2D eigenvalue weighted by atomic mass is 15.0. The van der Waals surface area contributed by atoms with Crippen LogP contribution in [0.3, 0.4) is 0 Å². The highest BCUT2D eigenvalue weighted by Crippen LogP contribution is 2.36. The number of rotatable bonds is 4. The van der Waals surface area contributed by atoms with Crippen LogP contribution in [-0.2, 0) is 7.05 Å². The van der Waals surface area contributed by atoms with Gasteiger partial charge in [0.15, 0.2) is 6.20 Å². The van der Waals surface area contributed by atoms with E-state index >= 15 is 0 Å². The second-order valence-corrected chi connectivity index (χ2v) is 7.94. The Labute approximate surface area is 158 Å². The summed E-state index contributed by atoms with van der Waals surface area (Å²) in [6.45, 7) is 13.6. The Morgan fingerprint density at radius 3 is 2.00 bits per heavy atom. The van der Waals surface area contributed by atoms with E-state index in [2.05, 4.69) is 106 Å². The average molecular weight is 348 g/mol. The molecular weight excluding hydrogens is 316 g/mol. The van der Waals surface area contributed by atoms with Crippen molar-refractivity contribution in [2.24, 2.45) is 7.05 Å². The first-order valence-corrected chi connectivity index (χ1v) is 9.60. The molecule has 0 radical (unpaired) electrons. The lowest BCUT2D eigenvalue weighted by molar-refractivity contribution is -0.660. The monoisotopic (exact) mass is 347 g/mol. The number of hydrogen-bond acceptors (Lipinski definition) is 0. The van der Waals surface area contributed by atoms with E-state index in [1.54, 1.807) is 0 Å². The number of hydrogen-bond donors (Lipinski definition) is 0. The minimum absolute atomic E-state index is 0.475. The lowest BCUT2D eigenvalue weighted by Crippen LogP contribution is -2.31. The Kier molecular flexibility index (Phi) is 5.04. The van der Waals surface area contributed by atoms with Gasteiger partial charge in [-0.3, -0.25) is 0 Å². The van der Waals surface area contributed by atoms with Gasteiger partial charge in [0.1, 0.15) is 12.7 Å². The molecular formula is C24H31N2+. The molecule has 3 aromatic rings. The van der Waals surface area contributed by atoms with E-state index in [1.807, 2.05) is 0 Å². The fourth-order valence-electron chi connectivity index (χ4n) is 3.94. The molecule has 0 amide bonds. The van der Waals surface area contributed by atoms with Gasteiger partial charge < -0.3 is 4.57 Å². The summed E-state index contributed by atoms with van der Waals surface area (Å²) in [4.78, 5) is 0. The number of aromatic nitrogens is 2. The number of para-hydroxylation sites is 1. The van der Waals surface area contributed by atoms with Crippen LogP contribution >= 0.6 is 0 Å². The molecule has 0 saturated carbocycles. The third kappa shape index (κ3) is 3.09. The third-order valence-corrected chi connectivity index (χ3v) is 5.24. The Bertz CT molecular complexity index is 903. The van der Waals surface area contributed by atoms with Gasteiger partial charge in [-0.25, -0.2) is 0 Å². The van der Waals surface area contributed by atoms with Crippen LogP contribution in [0.1, 0.15) is 61.9 Å².